The lowest BCUT2D eigenvalue weighted by molar-refractivity contribution is -0.148. The molecule has 0 bridgehead atoms. The summed E-state index contributed by atoms with van der Waals surface area (Å²) in [6.45, 7) is 6.11. The molecule has 2 amide bonds. The fourth-order valence-corrected chi connectivity index (χ4v) is 2.90. The minimum atomic E-state index is -0.961. The molecule has 1 atom stereocenters. The second kappa shape index (κ2) is 5.71. The number of pyridine rings is 1. The number of carbonyl (C=O) groups is 2. The van der Waals surface area contributed by atoms with E-state index in [9.17, 15) is 14.7 Å². The molecule has 1 fully saturated rings. The van der Waals surface area contributed by atoms with Crippen LogP contribution in [-0.2, 0) is 4.79 Å². The van der Waals surface area contributed by atoms with Crippen LogP contribution >= 0.6 is 0 Å². The lowest BCUT2D eigenvalue weighted by atomic mass is 9.76. The number of piperidine rings is 1. The largest absolute Gasteiger partial charge is 0.480 e. The van der Waals surface area contributed by atoms with Gasteiger partial charge in [0, 0.05) is 12.7 Å². The average molecular weight is 291 g/mol. The van der Waals surface area contributed by atoms with Gasteiger partial charge in [0.15, 0.2) is 0 Å². The zero-order valence-electron chi connectivity index (χ0n) is 12.6. The van der Waals surface area contributed by atoms with Crippen molar-refractivity contribution in [1.29, 1.82) is 0 Å². The Hall–Kier alpha value is -2.11. The molecule has 21 heavy (non-hydrogen) atoms. The van der Waals surface area contributed by atoms with Crippen molar-refractivity contribution in [1.82, 2.24) is 9.88 Å². The summed E-state index contributed by atoms with van der Waals surface area (Å²) in [7, 11) is 0. The maximum absolute atomic E-state index is 12.4. The minimum absolute atomic E-state index is 0.387. The van der Waals surface area contributed by atoms with Crippen molar-refractivity contribution in [3.05, 3.63) is 24.0 Å². The van der Waals surface area contributed by atoms with Gasteiger partial charge in [0.1, 0.15) is 6.04 Å². The molecule has 0 radical (unpaired) electrons. The van der Waals surface area contributed by atoms with Crippen molar-refractivity contribution in [2.75, 3.05) is 11.9 Å². The summed E-state index contributed by atoms with van der Waals surface area (Å²) in [5, 5.41) is 12.2. The predicted molar refractivity (Wildman–Crippen MR) is 79.1 cm³/mol. The van der Waals surface area contributed by atoms with Crippen LogP contribution in [0.4, 0.5) is 10.5 Å². The van der Waals surface area contributed by atoms with Gasteiger partial charge < -0.3 is 15.3 Å². The van der Waals surface area contributed by atoms with Crippen molar-refractivity contribution >= 4 is 17.7 Å². The standard InChI is InChI=1S/C15H21N3O3/c1-10-7-11(9-16-8-10)17-14(21)18-6-4-5-15(2,3)12(18)13(19)20/h7-9,12H,4-6H2,1-3H3,(H,17,21)(H,19,20). The monoisotopic (exact) mass is 291 g/mol. The molecule has 0 saturated carbocycles. The Morgan fingerprint density at radius 3 is 2.76 bits per heavy atom. The highest BCUT2D eigenvalue weighted by Gasteiger charge is 2.44. The molecule has 1 saturated heterocycles. The maximum Gasteiger partial charge on any atom is 0.327 e. The van der Waals surface area contributed by atoms with E-state index in [-0.39, 0.29) is 6.03 Å². The first-order valence-electron chi connectivity index (χ1n) is 7.03. The van der Waals surface area contributed by atoms with Gasteiger partial charge in [-0.25, -0.2) is 9.59 Å². The number of hydrogen-bond acceptors (Lipinski definition) is 3. The zero-order valence-corrected chi connectivity index (χ0v) is 12.6. The van der Waals surface area contributed by atoms with Gasteiger partial charge in [0.25, 0.3) is 0 Å². The molecule has 1 aromatic rings. The first-order valence-corrected chi connectivity index (χ1v) is 7.03. The average Bonchev–Trinajstić information content (AvgIpc) is 2.36. The molecule has 6 nitrogen and oxygen atoms in total. The second-order valence-corrected chi connectivity index (χ2v) is 6.21. The Bertz CT molecular complexity index is 557. The quantitative estimate of drug-likeness (QED) is 0.877. The number of urea groups is 1. The molecular weight excluding hydrogens is 270 g/mol. The molecule has 1 aliphatic heterocycles. The van der Waals surface area contributed by atoms with E-state index >= 15 is 0 Å². The third-order valence-corrected chi connectivity index (χ3v) is 3.89. The van der Waals surface area contributed by atoms with Crippen molar-refractivity contribution < 1.29 is 14.7 Å². The number of aromatic nitrogens is 1. The Morgan fingerprint density at radius 1 is 1.43 bits per heavy atom. The van der Waals surface area contributed by atoms with Gasteiger partial charge >= 0.3 is 12.0 Å². The number of aryl methyl sites for hydroxylation is 1. The van der Waals surface area contributed by atoms with Gasteiger partial charge in [-0.15, -0.1) is 0 Å². The second-order valence-electron chi connectivity index (χ2n) is 6.21. The van der Waals surface area contributed by atoms with Crippen LogP contribution in [0, 0.1) is 12.3 Å². The van der Waals surface area contributed by atoms with Gasteiger partial charge in [-0.2, -0.15) is 0 Å². The van der Waals surface area contributed by atoms with Crippen LogP contribution in [-0.4, -0.2) is 39.6 Å². The lowest BCUT2D eigenvalue weighted by Gasteiger charge is -2.43. The number of nitrogens with zero attached hydrogens (tertiary/aromatic N) is 2. The topological polar surface area (TPSA) is 82.5 Å². The van der Waals surface area contributed by atoms with Crippen molar-refractivity contribution in [2.24, 2.45) is 5.41 Å². The Kier molecular flexibility index (Phi) is 4.16. The van der Waals surface area contributed by atoms with Crippen LogP contribution in [0.2, 0.25) is 0 Å². The van der Waals surface area contributed by atoms with Gasteiger partial charge in [-0.05, 0) is 36.8 Å². The summed E-state index contributed by atoms with van der Waals surface area (Å²) < 4.78 is 0. The van der Waals surface area contributed by atoms with E-state index < -0.39 is 17.4 Å². The van der Waals surface area contributed by atoms with E-state index in [1.54, 1.807) is 18.5 Å². The molecule has 2 N–H and O–H groups in total. The molecule has 0 aromatic carbocycles. The van der Waals surface area contributed by atoms with E-state index in [0.29, 0.717) is 12.2 Å². The van der Waals surface area contributed by atoms with Crippen LogP contribution in [0.3, 0.4) is 0 Å². The number of anilines is 1. The molecular formula is C15H21N3O3. The summed E-state index contributed by atoms with van der Waals surface area (Å²) in [4.78, 5) is 29.4. The molecule has 1 unspecified atom stereocenters. The molecule has 2 rings (SSSR count). The summed E-state index contributed by atoms with van der Waals surface area (Å²) in [6.07, 6.45) is 4.84. The van der Waals surface area contributed by atoms with Crippen LogP contribution in [0.5, 0.6) is 0 Å². The third kappa shape index (κ3) is 3.32. The Balaban J connectivity index is 2.18. The van der Waals surface area contributed by atoms with Crippen LogP contribution in [0.15, 0.2) is 18.5 Å². The number of likely N-dealkylation sites (tertiary alicyclic amines) is 1. The van der Waals surface area contributed by atoms with Crippen LogP contribution in [0.25, 0.3) is 0 Å². The Labute approximate surface area is 124 Å². The van der Waals surface area contributed by atoms with Gasteiger partial charge in [-0.1, -0.05) is 13.8 Å². The van der Waals surface area contributed by atoms with Gasteiger partial charge in [-0.3, -0.25) is 4.98 Å². The number of carboxylic acid groups (broad SMARTS) is 1. The lowest BCUT2D eigenvalue weighted by Crippen LogP contribution is -2.57. The molecule has 0 aliphatic carbocycles. The maximum atomic E-state index is 12.4. The van der Waals surface area contributed by atoms with E-state index in [2.05, 4.69) is 10.3 Å². The van der Waals surface area contributed by atoms with E-state index in [4.69, 9.17) is 0 Å². The normalized spacial score (nSPS) is 20.9. The first kappa shape index (κ1) is 15.3. The van der Waals surface area contributed by atoms with E-state index in [1.807, 2.05) is 20.8 Å². The number of rotatable bonds is 2. The van der Waals surface area contributed by atoms with Crippen molar-refractivity contribution in [3.8, 4) is 0 Å². The molecule has 114 valence electrons. The fraction of sp³-hybridized carbons (Fsp3) is 0.533. The first-order chi connectivity index (χ1) is 9.81. The number of nitrogens with one attached hydrogen (secondary N) is 1. The Morgan fingerprint density at radius 2 is 2.14 bits per heavy atom. The SMILES string of the molecule is Cc1cncc(NC(=O)N2CCCC(C)(C)C2C(=O)O)c1. The van der Waals surface area contributed by atoms with E-state index in [0.717, 1.165) is 18.4 Å². The minimum Gasteiger partial charge on any atom is -0.480 e. The predicted octanol–water partition coefficient (Wildman–Crippen LogP) is 2.50. The van der Waals surface area contributed by atoms with Crippen molar-refractivity contribution in [3.63, 3.8) is 0 Å². The number of aliphatic carboxylic acids is 1. The van der Waals surface area contributed by atoms with Crippen molar-refractivity contribution in [2.45, 2.75) is 39.7 Å². The van der Waals surface area contributed by atoms with E-state index in [1.165, 1.54) is 4.90 Å². The smallest absolute Gasteiger partial charge is 0.327 e. The molecule has 1 aromatic heterocycles. The highest BCUT2D eigenvalue weighted by molar-refractivity contribution is 5.92. The summed E-state index contributed by atoms with van der Waals surface area (Å²) in [5.74, 6) is -0.961. The highest BCUT2D eigenvalue weighted by Crippen LogP contribution is 2.35. The number of amides is 2. The fourth-order valence-electron chi connectivity index (χ4n) is 2.90. The molecule has 1 aliphatic rings. The molecule has 2 heterocycles. The molecule has 6 heteroatoms. The summed E-state index contributed by atoms with van der Waals surface area (Å²) >= 11 is 0. The number of carboxylic acids is 1. The summed E-state index contributed by atoms with van der Waals surface area (Å²) in [5.41, 5.74) is 1.07. The zero-order chi connectivity index (χ0) is 15.6. The number of hydrogen-bond donors (Lipinski definition) is 2. The molecule has 0 spiro atoms. The van der Waals surface area contributed by atoms with Gasteiger partial charge in [0.05, 0.1) is 11.9 Å². The van der Waals surface area contributed by atoms with Gasteiger partial charge in [0.2, 0.25) is 0 Å². The van der Waals surface area contributed by atoms with Crippen LogP contribution < -0.4 is 5.32 Å². The summed E-state index contributed by atoms with van der Waals surface area (Å²) in [6, 6.07) is 0.599. The van der Waals surface area contributed by atoms with Crippen LogP contribution in [0.1, 0.15) is 32.3 Å². The highest BCUT2D eigenvalue weighted by atomic mass is 16.4. The number of carbonyl (C=O) groups excluding carboxylic acids is 1. The third-order valence-electron chi connectivity index (χ3n) is 3.89.